The Labute approximate surface area is 181 Å². The largest absolute Gasteiger partial charge is 0.463 e. The predicted molar refractivity (Wildman–Crippen MR) is 113 cm³/mol. The zero-order valence-corrected chi connectivity index (χ0v) is 18.8. The molecule has 30 heavy (non-hydrogen) atoms. The maximum absolute atomic E-state index is 11.5. The molecule has 0 aliphatic carbocycles. The van der Waals surface area contributed by atoms with E-state index in [1.165, 1.54) is 12.8 Å². The van der Waals surface area contributed by atoms with E-state index in [0.717, 1.165) is 38.7 Å². The fourth-order valence-corrected chi connectivity index (χ4v) is 2.83. The number of esters is 1. The number of unbranched alkanes of at least 4 members (excludes halogenated alkanes) is 3. The first-order valence-corrected chi connectivity index (χ1v) is 11.5. The second-order valence-corrected chi connectivity index (χ2v) is 7.15. The third-order valence-electron chi connectivity index (χ3n) is 4.51. The molecule has 0 radical (unpaired) electrons. The van der Waals surface area contributed by atoms with E-state index in [2.05, 4.69) is 6.92 Å². The topological polar surface area (TPSA) is 81.7 Å². The van der Waals surface area contributed by atoms with Gasteiger partial charge in [-0.3, -0.25) is 4.79 Å². The Morgan fingerprint density at radius 1 is 0.767 bits per heavy atom. The van der Waals surface area contributed by atoms with Gasteiger partial charge in [0.05, 0.1) is 59.5 Å². The van der Waals surface area contributed by atoms with Crippen molar-refractivity contribution in [1.29, 1.82) is 0 Å². The van der Waals surface area contributed by atoms with E-state index in [-0.39, 0.29) is 12.3 Å². The van der Waals surface area contributed by atoms with Crippen LogP contribution in [0.3, 0.4) is 0 Å². The van der Waals surface area contributed by atoms with E-state index in [0.29, 0.717) is 72.5 Å². The molecule has 0 saturated carbocycles. The molecule has 0 aromatic carbocycles. The van der Waals surface area contributed by atoms with E-state index >= 15 is 0 Å². The molecule has 1 rings (SSSR count). The van der Waals surface area contributed by atoms with Crippen LogP contribution in [0.4, 0.5) is 0 Å². The van der Waals surface area contributed by atoms with Crippen molar-refractivity contribution in [2.45, 2.75) is 64.6 Å². The van der Waals surface area contributed by atoms with Gasteiger partial charge in [0.15, 0.2) is 6.29 Å². The van der Waals surface area contributed by atoms with Gasteiger partial charge in [0.25, 0.3) is 0 Å². The van der Waals surface area contributed by atoms with Crippen molar-refractivity contribution in [1.82, 2.24) is 0 Å². The first-order chi connectivity index (χ1) is 14.8. The fourth-order valence-electron chi connectivity index (χ4n) is 2.83. The summed E-state index contributed by atoms with van der Waals surface area (Å²) in [5.41, 5.74) is 0. The van der Waals surface area contributed by atoms with Crippen molar-refractivity contribution >= 4 is 5.97 Å². The van der Waals surface area contributed by atoms with Gasteiger partial charge in [0.2, 0.25) is 0 Å². The highest BCUT2D eigenvalue weighted by Crippen LogP contribution is 2.13. The Bertz CT molecular complexity index is 374. The van der Waals surface area contributed by atoms with E-state index in [4.69, 9.17) is 33.2 Å². The van der Waals surface area contributed by atoms with Gasteiger partial charge in [-0.05, 0) is 25.7 Å². The first kappa shape index (κ1) is 27.3. The van der Waals surface area contributed by atoms with Crippen LogP contribution in [0.15, 0.2) is 0 Å². The van der Waals surface area contributed by atoms with Gasteiger partial charge in [0.1, 0.15) is 6.61 Å². The summed E-state index contributed by atoms with van der Waals surface area (Å²) in [6.07, 6.45) is 8.02. The normalized spacial score (nSPS) is 16.6. The molecule has 178 valence electrons. The number of carbonyl (C=O) groups excluding carboxylic acids is 1. The second-order valence-electron chi connectivity index (χ2n) is 7.15. The molecule has 1 aliphatic rings. The number of ether oxygens (including phenoxy) is 7. The van der Waals surface area contributed by atoms with Crippen molar-refractivity contribution in [3.63, 3.8) is 0 Å². The molecule has 1 saturated heterocycles. The van der Waals surface area contributed by atoms with E-state index < -0.39 is 0 Å². The zero-order chi connectivity index (χ0) is 21.5. The second kappa shape index (κ2) is 21.5. The van der Waals surface area contributed by atoms with Crippen LogP contribution in [0.25, 0.3) is 0 Å². The van der Waals surface area contributed by atoms with Crippen LogP contribution in [-0.2, 0) is 38.0 Å². The summed E-state index contributed by atoms with van der Waals surface area (Å²) in [7, 11) is 0. The third-order valence-corrected chi connectivity index (χ3v) is 4.51. The number of rotatable bonds is 21. The maximum Gasteiger partial charge on any atom is 0.305 e. The van der Waals surface area contributed by atoms with Crippen LogP contribution in [-0.4, -0.2) is 84.9 Å². The first-order valence-electron chi connectivity index (χ1n) is 11.5. The molecule has 0 aromatic heterocycles. The summed E-state index contributed by atoms with van der Waals surface area (Å²) in [6, 6.07) is 0. The molecular formula is C22H42O8. The van der Waals surface area contributed by atoms with Gasteiger partial charge in [-0.2, -0.15) is 0 Å². The molecular weight excluding hydrogens is 392 g/mol. The molecule has 1 heterocycles. The fraction of sp³-hybridized carbons (Fsp3) is 0.955. The number of hydrogen-bond acceptors (Lipinski definition) is 8. The van der Waals surface area contributed by atoms with Crippen molar-refractivity contribution < 1.29 is 38.0 Å². The van der Waals surface area contributed by atoms with E-state index in [1.54, 1.807) is 0 Å². The van der Waals surface area contributed by atoms with Crippen molar-refractivity contribution in [3.05, 3.63) is 0 Å². The van der Waals surface area contributed by atoms with Gasteiger partial charge < -0.3 is 33.2 Å². The Kier molecular flexibility index (Phi) is 19.5. The van der Waals surface area contributed by atoms with Crippen LogP contribution in [0.5, 0.6) is 0 Å². The zero-order valence-electron chi connectivity index (χ0n) is 18.8. The lowest BCUT2D eigenvalue weighted by Crippen LogP contribution is -2.24. The van der Waals surface area contributed by atoms with Gasteiger partial charge in [-0.25, -0.2) is 0 Å². The molecule has 1 fully saturated rings. The lowest BCUT2D eigenvalue weighted by molar-refractivity contribution is -0.169. The van der Waals surface area contributed by atoms with Gasteiger partial charge >= 0.3 is 5.97 Å². The Morgan fingerprint density at radius 3 is 1.93 bits per heavy atom. The Hall–Kier alpha value is -0.770. The van der Waals surface area contributed by atoms with Gasteiger partial charge in [0, 0.05) is 13.0 Å². The minimum absolute atomic E-state index is 0.0601. The molecule has 0 bridgehead atoms. The monoisotopic (exact) mass is 434 g/mol. The average molecular weight is 435 g/mol. The highest BCUT2D eigenvalue weighted by molar-refractivity contribution is 5.69. The van der Waals surface area contributed by atoms with Crippen LogP contribution in [0.2, 0.25) is 0 Å². The summed E-state index contributed by atoms with van der Waals surface area (Å²) >= 11 is 0. The molecule has 1 unspecified atom stereocenters. The lowest BCUT2D eigenvalue weighted by Gasteiger charge is -2.22. The quantitative estimate of drug-likeness (QED) is 0.201. The minimum atomic E-state index is -0.141. The number of carbonyl (C=O) groups is 1. The van der Waals surface area contributed by atoms with E-state index in [1.807, 2.05) is 0 Å². The maximum atomic E-state index is 11.5. The van der Waals surface area contributed by atoms with Crippen molar-refractivity contribution in [2.24, 2.45) is 0 Å². The van der Waals surface area contributed by atoms with Crippen LogP contribution in [0, 0.1) is 0 Å². The summed E-state index contributed by atoms with van der Waals surface area (Å²) < 4.78 is 37.8. The molecule has 1 atom stereocenters. The van der Waals surface area contributed by atoms with E-state index in [9.17, 15) is 4.79 Å². The van der Waals surface area contributed by atoms with Crippen molar-refractivity contribution in [2.75, 3.05) is 72.7 Å². The summed E-state index contributed by atoms with van der Waals surface area (Å²) in [6.45, 7) is 7.80. The van der Waals surface area contributed by atoms with Crippen LogP contribution in [0.1, 0.15) is 58.3 Å². The molecule has 1 aliphatic heterocycles. The molecule has 8 heteroatoms. The molecule has 0 N–H and O–H groups in total. The summed E-state index contributed by atoms with van der Waals surface area (Å²) in [4.78, 5) is 11.5. The van der Waals surface area contributed by atoms with Crippen molar-refractivity contribution in [3.8, 4) is 0 Å². The van der Waals surface area contributed by atoms with Crippen LogP contribution < -0.4 is 0 Å². The SMILES string of the molecule is CCCCCCC(=O)OCCOCCOCCOCCOCCOC1CCCCO1. The smallest absolute Gasteiger partial charge is 0.305 e. The van der Waals surface area contributed by atoms with Gasteiger partial charge in [-0.15, -0.1) is 0 Å². The third kappa shape index (κ3) is 18.0. The summed E-state index contributed by atoms with van der Waals surface area (Å²) in [5.74, 6) is -0.141. The number of hydrogen-bond donors (Lipinski definition) is 0. The lowest BCUT2D eigenvalue weighted by atomic mass is 10.2. The Balaban J connectivity index is 1.68. The van der Waals surface area contributed by atoms with Gasteiger partial charge in [-0.1, -0.05) is 26.2 Å². The minimum Gasteiger partial charge on any atom is -0.463 e. The highest BCUT2D eigenvalue weighted by atomic mass is 16.7. The Morgan fingerprint density at radius 2 is 1.37 bits per heavy atom. The molecule has 8 nitrogen and oxygen atoms in total. The molecule has 0 spiro atoms. The molecule has 0 amide bonds. The molecule has 0 aromatic rings. The van der Waals surface area contributed by atoms with Crippen LogP contribution >= 0.6 is 0 Å². The highest BCUT2D eigenvalue weighted by Gasteiger charge is 2.13. The summed E-state index contributed by atoms with van der Waals surface area (Å²) in [5, 5.41) is 0. The predicted octanol–water partition coefficient (Wildman–Crippen LogP) is 3.11. The standard InChI is InChI=1S/C22H42O8/c1-2-3-4-5-8-21(23)28-19-17-26-15-13-24-11-12-25-14-16-27-18-20-30-22-9-6-7-10-29-22/h22H,2-20H2,1H3. The average Bonchev–Trinajstić information content (AvgIpc) is 2.77.